The number of carbonyl (C=O) groups excluding carboxylic acids is 1. The van der Waals surface area contributed by atoms with Crippen LogP contribution in [0.15, 0.2) is 42.9 Å². The maximum atomic E-state index is 13.7. The molecule has 1 aromatic carbocycles. The van der Waals surface area contributed by atoms with Crippen LogP contribution in [0.3, 0.4) is 0 Å². The molecule has 0 radical (unpaired) electrons. The molecule has 4 aromatic rings. The quantitative estimate of drug-likeness (QED) is 0.339. The van der Waals surface area contributed by atoms with Crippen molar-refractivity contribution in [2.24, 2.45) is 7.05 Å². The highest BCUT2D eigenvalue weighted by Crippen LogP contribution is 2.36. The average Bonchev–Trinajstić information content (AvgIpc) is 3.45. The van der Waals surface area contributed by atoms with Crippen molar-refractivity contribution in [2.45, 2.75) is 39.3 Å². The van der Waals surface area contributed by atoms with Crippen molar-refractivity contribution in [1.29, 1.82) is 0 Å². The standard InChI is InChI=1S/C26H27ClF2N8O/c1-15(2)37-22(18(27)10-31-37)23-30-11-19-25(33-23)36(14-21(38)35(19)5)12-16-6-8-17(9-7-16)24-32-20(13-34(24)4)26(3,28)29/h6-11,13,15H,12,14H2,1-5H3. The van der Waals surface area contributed by atoms with E-state index >= 15 is 0 Å². The number of aromatic nitrogens is 6. The van der Waals surface area contributed by atoms with E-state index in [2.05, 4.69) is 15.1 Å². The van der Waals surface area contributed by atoms with Crippen LogP contribution in [0.25, 0.3) is 22.9 Å². The predicted octanol–water partition coefficient (Wildman–Crippen LogP) is 5.07. The van der Waals surface area contributed by atoms with Gasteiger partial charge in [0.2, 0.25) is 5.91 Å². The minimum Gasteiger partial charge on any atom is -0.341 e. The molecule has 0 bridgehead atoms. The highest BCUT2D eigenvalue weighted by molar-refractivity contribution is 6.32. The molecule has 4 heterocycles. The summed E-state index contributed by atoms with van der Waals surface area (Å²) in [6.45, 7) is 5.35. The number of benzene rings is 1. The van der Waals surface area contributed by atoms with Crippen LogP contribution >= 0.6 is 11.6 Å². The molecule has 38 heavy (non-hydrogen) atoms. The van der Waals surface area contributed by atoms with E-state index in [0.29, 0.717) is 46.0 Å². The fraction of sp³-hybridized carbons (Fsp3) is 0.346. The van der Waals surface area contributed by atoms with E-state index in [1.165, 1.54) is 6.20 Å². The van der Waals surface area contributed by atoms with Gasteiger partial charge in [-0.2, -0.15) is 13.9 Å². The summed E-state index contributed by atoms with van der Waals surface area (Å²) >= 11 is 6.44. The van der Waals surface area contributed by atoms with Gasteiger partial charge in [0.1, 0.15) is 22.9 Å². The number of amides is 1. The summed E-state index contributed by atoms with van der Waals surface area (Å²) in [7, 11) is 3.38. The van der Waals surface area contributed by atoms with Gasteiger partial charge in [-0.3, -0.25) is 9.48 Å². The maximum Gasteiger partial charge on any atom is 0.288 e. The largest absolute Gasteiger partial charge is 0.341 e. The Morgan fingerprint density at radius 2 is 1.82 bits per heavy atom. The molecule has 0 spiro atoms. The van der Waals surface area contributed by atoms with Gasteiger partial charge in [-0.05, 0) is 19.4 Å². The van der Waals surface area contributed by atoms with E-state index in [4.69, 9.17) is 16.6 Å². The first-order valence-corrected chi connectivity index (χ1v) is 12.4. The number of aryl methyl sites for hydroxylation is 1. The van der Waals surface area contributed by atoms with Gasteiger partial charge in [0.05, 0.1) is 24.0 Å². The van der Waals surface area contributed by atoms with Gasteiger partial charge >= 0.3 is 0 Å². The Kier molecular flexibility index (Phi) is 6.42. The number of nitrogens with zero attached hydrogens (tertiary/aromatic N) is 8. The van der Waals surface area contributed by atoms with Crippen molar-refractivity contribution >= 4 is 29.0 Å². The molecule has 0 fully saturated rings. The van der Waals surface area contributed by atoms with Gasteiger partial charge in [-0.15, -0.1) is 0 Å². The molecule has 1 amide bonds. The summed E-state index contributed by atoms with van der Waals surface area (Å²) in [5, 5.41) is 4.79. The van der Waals surface area contributed by atoms with E-state index < -0.39 is 5.92 Å². The van der Waals surface area contributed by atoms with Crippen LogP contribution in [-0.4, -0.2) is 48.8 Å². The van der Waals surface area contributed by atoms with Gasteiger partial charge in [-0.25, -0.2) is 15.0 Å². The van der Waals surface area contributed by atoms with Crippen molar-refractivity contribution in [3.8, 4) is 22.9 Å². The number of halogens is 3. The monoisotopic (exact) mass is 540 g/mol. The third-order valence-electron chi connectivity index (χ3n) is 6.47. The summed E-state index contributed by atoms with van der Waals surface area (Å²) in [4.78, 5) is 29.6. The normalized spacial score (nSPS) is 14.0. The number of carbonyl (C=O) groups is 1. The molecular formula is C26H27ClF2N8O. The molecule has 3 aromatic heterocycles. The van der Waals surface area contributed by atoms with E-state index in [1.807, 2.05) is 43.0 Å². The highest BCUT2D eigenvalue weighted by Gasteiger charge is 2.31. The zero-order valence-electron chi connectivity index (χ0n) is 21.7. The number of rotatable bonds is 6. The average molecular weight is 541 g/mol. The smallest absolute Gasteiger partial charge is 0.288 e. The molecule has 1 aliphatic rings. The summed E-state index contributed by atoms with van der Waals surface area (Å²) in [5.74, 6) is -1.63. The van der Waals surface area contributed by atoms with E-state index in [0.717, 1.165) is 12.5 Å². The third kappa shape index (κ3) is 4.62. The molecule has 0 N–H and O–H groups in total. The highest BCUT2D eigenvalue weighted by atomic mass is 35.5. The molecule has 12 heteroatoms. The van der Waals surface area contributed by atoms with Gasteiger partial charge in [0.25, 0.3) is 5.92 Å². The van der Waals surface area contributed by atoms with Gasteiger partial charge in [0.15, 0.2) is 11.6 Å². The molecule has 0 atom stereocenters. The molecule has 0 unspecified atom stereocenters. The van der Waals surface area contributed by atoms with Gasteiger partial charge in [0, 0.05) is 45.4 Å². The van der Waals surface area contributed by atoms with Crippen molar-refractivity contribution in [3.05, 3.63) is 59.1 Å². The molecule has 0 aliphatic carbocycles. The summed E-state index contributed by atoms with van der Waals surface area (Å²) in [6.07, 6.45) is 4.53. The van der Waals surface area contributed by atoms with E-state index in [1.54, 1.807) is 40.6 Å². The second kappa shape index (κ2) is 9.46. The van der Waals surface area contributed by atoms with Crippen LogP contribution in [0, 0.1) is 0 Å². The Morgan fingerprint density at radius 1 is 1.11 bits per heavy atom. The maximum absolute atomic E-state index is 13.7. The van der Waals surface area contributed by atoms with E-state index in [9.17, 15) is 13.6 Å². The Hall–Kier alpha value is -3.86. The van der Waals surface area contributed by atoms with Gasteiger partial charge < -0.3 is 14.4 Å². The Morgan fingerprint density at radius 3 is 2.45 bits per heavy atom. The fourth-order valence-corrected chi connectivity index (χ4v) is 4.64. The zero-order chi connectivity index (χ0) is 27.4. The first kappa shape index (κ1) is 25.8. The molecular weight excluding hydrogens is 514 g/mol. The van der Waals surface area contributed by atoms with Crippen LogP contribution in [0.2, 0.25) is 5.02 Å². The van der Waals surface area contributed by atoms with E-state index in [-0.39, 0.29) is 24.2 Å². The lowest BCUT2D eigenvalue weighted by atomic mass is 10.1. The zero-order valence-corrected chi connectivity index (χ0v) is 22.4. The fourth-order valence-electron chi connectivity index (χ4n) is 4.43. The number of imidazole rings is 1. The molecule has 1 aliphatic heterocycles. The number of anilines is 2. The molecule has 0 saturated heterocycles. The summed E-state index contributed by atoms with van der Waals surface area (Å²) in [5.41, 5.74) is 2.55. The number of likely N-dealkylation sites (N-methyl/N-ethyl adjacent to an activating group) is 1. The predicted molar refractivity (Wildman–Crippen MR) is 141 cm³/mol. The first-order valence-electron chi connectivity index (χ1n) is 12.1. The Labute approximate surface area is 223 Å². The number of fused-ring (bicyclic) bond motifs is 1. The summed E-state index contributed by atoms with van der Waals surface area (Å²) < 4.78 is 30.8. The second-order valence-electron chi connectivity index (χ2n) is 9.74. The van der Waals surface area contributed by atoms with Crippen molar-refractivity contribution in [2.75, 3.05) is 23.4 Å². The topological polar surface area (TPSA) is 85.0 Å². The van der Waals surface area contributed by atoms with Crippen LogP contribution in [-0.2, 0) is 24.3 Å². The third-order valence-corrected chi connectivity index (χ3v) is 6.75. The minimum absolute atomic E-state index is 0.0503. The Bertz CT molecular complexity index is 1510. The van der Waals surface area contributed by atoms with Crippen molar-refractivity contribution in [3.63, 3.8) is 0 Å². The van der Waals surface area contributed by atoms with Crippen LogP contribution < -0.4 is 9.80 Å². The second-order valence-corrected chi connectivity index (χ2v) is 10.1. The number of alkyl halides is 2. The molecule has 5 rings (SSSR count). The number of hydrogen-bond acceptors (Lipinski definition) is 6. The van der Waals surface area contributed by atoms with Crippen LogP contribution in [0.4, 0.5) is 20.3 Å². The van der Waals surface area contributed by atoms with Crippen molar-refractivity contribution < 1.29 is 13.6 Å². The van der Waals surface area contributed by atoms with Crippen LogP contribution in [0.5, 0.6) is 0 Å². The Balaban J connectivity index is 1.46. The minimum atomic E-state index is -3.02. The molecule has 9 nitrogen and oxygen atoms in total. The van der Waals surface area contributed by atoms with Crippen molar-refractivity contribution in [1.82, 2.24) is 29.3 Å². The lowest BCUT2D eigenvalue weighted by molar-refractivity contribution is -0.117. The lowest BCUT2D eigenvalue weighted by Crippen LogP contribution is -2.44. The van der Waals surface area contributed by atoms with Crippen LogP contribution in [0.1, 0.15) is 38.1 Å². The van der Waals surface area contributed by atoms with Gasteiger partial charge in [-0.1, -0.05) is 35.9 Å². The first-order chi connectivity index (χ1) is 17.9. The lowest BCUT2D eigenvalue weighted by Gasteiger charge is -2.34. The summed E-state index contributed by atoms with van der Waals surface area (Å²) in [6, 6.07) is 7.50. The molecule has 0 saturated carbocycles. The number of hydrogen-bond donors (Lipinski definition) is 0. The SMILES string of the molecule is CC(C)n1ncc(Cl)c1-c1ncc2c(n1)N(Cc1ccc(-c3nc(C(C)(F)F)cn3C)cc1)CC(=O)N2C. The molecule has 198 valence electrons.